The third kappa shape index (κ3) is 23.2. The number of benzene rings is 1. The summed E-state index contributed by atoms with van der Waals surface area (Å²) in [6.45, 7) is 3.98. The second-order valence-corrected chi connectivity index (χ2v) is 17.8. The molecule has 422 valence electrons. The minimum Gasteiger partial charge on any atom is -0.481 e. The second kappa shape index (κ2) is 32.6. The van der Waals surface area contributed by atoms with Gasteiger partial charge in [-0.05, 0) is 93.6 Å². The minimum atomic E-state index is -1.61. The standard InChI is InChI=1S/C43H72N20O13/c1-21(2)18-28(37(69)54-20-31(64)55-29(41(73)56-24(35(46)67)12-14-32(65)66)19-53-23-11-13-30(63(74)75)34-33(23)61-76-62-34)60-40(72)27(10-7-17-52-43(49)50)59-39(71)26(9-6-16-51-42(47)48)58-38(70)25(8-4-5-15-44)57-36(68)22(3)45/h11,13,21-22,24-29,53H,4-10,12,14-20,44-45H2,1-3H3,(H2,46,67)(H,54,69)(H,55,64)(H,56,73)(H,57,68)(H,58,70)(H,59,71)(H,60,72)(H,65,66)(H4,47,48,51)(H4,49,50,52)/t22-,24-,25-,26-,27-,28-,29-/m0/s1. The Hall–Kier alpha value is -8.49. The fourth-order valence-electron chi connectivity index (χ4n) is 7.06. The van der Waals surface area contributed by atoms with E-state index in [0.29, 0.717) is 19.4 Å². The molecule has 23 N–H and O–H groups in total. The van der Waals surface area contributed by atoms with Crippen molar-refractivity contribution in [3.8, 4) is 0 Å². The molecule has 2 aromatic rings. The van der Waals surface area contributed by atoms with Gasteiger partial charge in [0.1, 0.15) is 36.3 Å². The first-order chi connectivity index (χ1) is 35.8. The Morgan fingerprint density at radius 2 is 1.16 bits per heavy atom. The number of nitro groups is 1. The number of carboxylic acids is 1. The number of nitrogens with zero attached hydrogens (tertiary/aromatic N) is 5. The van der Waals surface area contributed by atoms with Gasteiger partial charge in [0, 0.05) is 32.1 Å². The number of carboxylic acid groups (broad SMARTS) is 1. The highest BCUT2D eigenvalue weighted by molar-refractivity contribution is 5.98. The van der Waals surface area contributed by atoms with Gasteiger partial charge in [-0.25, -0.2) is 4.63 Å². The van der Waals surface area contributed by atoms with Crippen molar-refractivity contribution >= 4 is 87.6 Å². The van der Waals surface area contributed by atoms with E-state index in [1.54, 1.807) is 13.8 Å². The van der Waals surface area contributed by atoms with Gasteiger partial charge in [0.05, 0.1) is 23.2 Å². The van der Waals surface area contributed by atoms with Crippen LogP contribution < -0.4 is 82.7 Å². The van der Waals surface area contributed by atoms with Crippen LogP contribution >= 0.6 is 0 Å². The van der Waals surface area contributed by atoms with Crippen LogP contribution in [0, 0.1) is 16.0 Å². The number of anilines is 1. The van der Waals surface area contributed by atoms with Crippen LogP contribution in [-0.2, 0) is 43.2 Å². The Morgan fingerprint density at radius 1 is 0.658 bits per heavy atom. The van der Waals surface area contributed by atoms with Crippen molar-refractivity contribution in [1.82, 2.24) is 47.5 Å². The molecule has 0 spiro atoms. The average Bonchev–Trinajstić information content (AvgIpc) is 3.84. The van der Waals surface area contributed by atoms with Crippen molar-refractivity contribution in [2.45, 2.75) is 127 Å². The number of nitrogens with two attached hydrogens (primary N) is 7. The third-order valence-corrected chi connectivity index (χ3v) is 11.0. The van der Waals surface area contributed by atoms with E-state index in [0.717, 1.165) is 6.07 Å². The number of primary amides is 1. The van der Waals surface area contributed by atoms with Crippen molar-refractivity contribution in [3.63, 3.8) is 0 Å². The fraction of sp³-hybridized carbons (Fsp3) is 0.605. The molecule has 0 unspecified atom stereocenters. The highest BCUT2D eigenvalue weighted by Crippen LogP contribution is 2.28. The molecule has 0 saturated carbocycles. The number of guanidine groups is 2. The van der Waals surface area contributed by atoms with Crippen LogP contribution in [0.1, 0.15) is 85.0 Å². The molecule has 8 amide bonds. The number of amides is 8. The quantitative estimate of drug-likeness (QED) is 0.00995. The highest BCUT2D eigenvalue weighted by Gasteiger charge is 2.33. The number of non-ortho nitro benzene ring substituents is 1. The number of fused-ring (bicyclic) bond motifs is 1. The van der Waals surface area contributed by atoms with Gasteiger partial charge in [-0.1, -0.05) is 13.8 Å². The van der Waals surface area contributed by atoms with Crippen molar-refractivity contribution in [2.75, 3.05) is 38.0 Å². The summed E-state index contributed by atoms with van der Waals surface area (Å²) in [5.41, 5.74) is 38.0. The van der Waals surface area contributed by atoms with Gasteiger partial charge in [0.15, 0.2) is 17.4 Å². The molecule has 1 aromatic heterocycles. The van der Waals surface area contributed by atoms with Crippen LogP contribution in [-0.4, -0.2) is 161 Å². The summed E-state index contributed by atoms with van der Waals surface area (Å²) < 4.78 is 4.67. The third-order valence-electron chi connectivity index (χ3n) is 11.0. The number of aromatic nitrogens is 2. The molecule has 0 radical (unpaired) electrons. The van der Waals surface area contributed by atoms with Crippen LogP contribution in [0.5, 0.6) is 0 Å². The van der Waals surface area contributed by atoms with Gasteiger partial charge in [0.25, 0.3) is 0 Å². The second-order valence-electron chi connectivity index (χ2n) is 17.8. The normalized spacial score (nSPS) is 13.7. The molecule has 0 aliphatic carbocycles. The topological polar surface area (TPSA) is 559 Å². The molecule has 33 nitrogen and oxygen atoms in total. The smallest absolute Gasteiger partial charge is 0.303 e. The highest BCUT2D eigenvalue weighted by atomic mass is 16.6. The molecule has 2 rings (SSSR count). The van der Waals surface area contributed by atoms with Gasteiger partial charge >= 0.3 is 11.7 Å². The Morgan fingerprint density at radius 3 is 1.64 bits per heavy atom. The number of hydrogen-bond donors (Lipinski definition) is 16. The molecule has 1 aromatic carbocycles. The number of nitrogens with one attached hydrogen (secondary N) is 8. The van der Waals surface area contributed by atoms with E-state index in [2.05, 4.69) is 67.5 Å². The number of aliphatic imine (C=N–C) groups is 2. The number of carbonyl (C=O) groups excluding carboxylic acids is 8. The molecule has 33 heteroatoms. The zero-order valence-corrected chi connectivity index (χ0v) is 42.5. The first-order valence-corrected chi connectivity index (χ1v) is 24.1. The largest absolute Gasteiger partial charge is 0.481 e. The van der Waals surface area contributed by atoms with E-state index in [4.69, 9.17) is 45.2 Å². The van der Waals surface area contributed by atoms with Gasteiger partial charge in [0.2, 0.25) is 52.8 Å². The lowest BCUT2D eigenvalue weighted by molar-refractivity contribution is -0.383. The van der Waals surface area contributed by atoms with Crippen molar-refractivity contribution in [2.24, 2.45) is 56.0 Å². The fourth-order valence-corrected chi connectivity index (χ4v) is 7.06. The number of hydrogen-bond acceptors (Lipinski definition) is 19. The lowest BCUT2D eigenvalue weighted by Gasteiger charge is -2.27. The number of nitro benzene ring substituents is 1. The monoisotopic (exact) mass is 1080 g/mol. The summed E-state index contributed by atoms with van der Waals surface area (Å²) in [4.78, 5) is 138. The number of rotatable bonds is 36. The van der Waals surface area contributed by atoms with Crippen LogP contribution in [0.2, 0.25) is 0 Å². The SMILES string of the molecule is CC(C)C[C@H](NC(=O)[C@H](CCCN=C(N)N)NC(=O)[C@H](CCCN=C(N)N)NC(=O)[C@H](CCCCN)NC(=O)[C@H](C)N)C(=O)NCC(=O)N[C@@H](CNc1ccc([N+](=O)[O-])c2nonc12)C(=O)N[C@@H](CCC(=O)O)C(N)=O. The summed E-state index contributed by atoms with van der Waals surface area (Å²) in [5.74, 6) is -9.07. The van der Waals surface area contributed by atoms with E-state index in [1.165, 1.54) is 13.0 Å². The Bertz CT molecular complexity index is 2390. The maximum absolute atomic E-state index is 14.2. The molecule has 0 saturated heterocycles. The van der Waals surface area contributed by atoms with Gasteiger partial charge in [-0.2, -0.15) is 0 Å². The lowest BCUT2D eigenvalue weighted by atomic mass is 10.0. The van der Waals surface area contributed by atoms with Crippen molar-refractivity contribution in [3.05, 3.63) is 22.2 Å². The van der Waals surface area contributed by atoms with Crippen LogP contribution in [0.15, 0.2) is 26.7 Å². The number of unbranched alkanes of at least 4 members (excludes halogenated alkanes) is 1. The molecule has 1 heterocycles. The zero-order chi connectivity index (χ0) is 57.1. The van der Waals surface area contributed by atoms with E-state index in [9.17, 15) is 53.3 Å². The van der Waals surface area contributed by atoms with Crippen LogP contribution in [0.25, 0.3) is 11.0 Å². The Balaban J connectivity index is 2.40. The van der Waals surface area contributed by atoms with Crippen molar-refractivity contribution in [1.29, 1.82) is 0 Å². The average molecular weight is 1080 g/mol. The molecule has 76 heavy (non-hydrogen) atoms. The first-order valence-electron chi connectivity index (χ1n) is 24.1. The van der Waals surface area contributed by atoms with E-state index < -0.39 is 132 Å². The van der Waals surface area contributed by atoms with Gasteiger partial charge in [-0.15, -0.1) is 0 Å². The summed E-state index contributed by atoms with van der Waals surface area (Å²) in [5, 5.41) is 48.3. The Kier molecular flexibility index (Phi) is 27.3. The maximum atomic E-state index is 14.2. The van der Waals surface area contributed by atoms with Crippen LogP contribution in [0.3, 0.4) is 0 Å². The van der Waals surface area contributed by atoms with Gasteiger partial charge in [-0.3, -0.25) is 63.2 Å². The molecular weight excluding hydrogens is 1000 g/mol. The van der Waals surface area contributed by atoms with E-state index in [-0.39, 0.29) is 86.2 Å². The molecular formula is C43H72N20O13. The summed E-state index contributed by atoms with van der Waals surface area (Å²) in [6.07, 6.45) is 0.263. The van der Waals surface area contributed by atoms with Gasteiger partial charge < -0.3 is 87.8 Å². The van der Waals surface area contributed by atoms with Crippen LogP contribution in [0.4, 0.5) is 11.4 Å². The summed E-state index contributed by atoms with van der Waals surface area (Å²) in [7, 11) is 0. The first kappa shape index (κ1) is 63.6. The number of aliphatic carboxylic acids is 1. The minimum absolute atomic E-state index is 0.00354. The zero-order valence-electron chi connectivity index (χ0n) is 42.5. The summed E-state index contributed by atoms with van der Waals surface area (Å²) in [6, 6.07) is -6.95. The molecule has 0 bridgehead atoms. The summed E-state index contributed by atoms with van der Waals surface area (Å²) >= 11 is 0. The van der Waals surface area contributed by atoms with E-state index in [1.807, 2.05) is 0 Å². The lowest BCUT2D eigenvalue weighted by Crippen LogP contribution is -2.59. The molecule has 0 aliphatic rings. The number of carbonyl (C=O) groups is 9. The van der Waals surface area contributed by atoms with Crippen molar-refractivity contribution < 1.29 is 57.8 Å². The Labute approximate surface area is 435 Å². The molecule has 7 atom stereocenters. The maximum Gasteiger partial charge on any atom is 0.303 e. The molecule has 0 aliphatic heterocycles. The van der Waals surface area contributed by atoms with E-state index >= 15 is 0 Å². The predicted octanol–water partition coefficient (Wildman–Crippen LogP) is -5.45. The molecule has 0 fully saturated rings. The predicted molar refractivity (Wildman–Crippen MR) is 273 cm³/mol.